The van der Waals surface area contributed by atoms with E-state index >= 15 is 0 Å². The predicted octanol–water partition coefficient (Wildman–Crippen LogP) is 3.41. The average Bonchev–Trinajstić information content (AvgIpc) is 2.77. The minimum Gasteiger partial charge on any atom is -0.325 e. The van der Waals surface area contributed by atoms with Gasteiger partial charge in [-0.05, 0) is 36.0 Å². The van der Waals surface area contributed by atoms with Gasteiger partial charge in [0, 0.05) is 16.8 Å². The number of nitrogens with one attached hydrogen (secondary N) is 1. The number of anilines is 1. The number of rotatable bonds is 2. The molecule has 4 heteroatoms. The normalized spacial score (nSPS) is 21.1. The van der Waals surface area contributed by atoms with Gasteiger partial charge in [-0.1, -0.05) is 36.9 Å². The fourth-order valence-corrected chi connectivity index (χ4v) is 3.56. The third-order valence-corrected chi connectivity index (χ3v) is 4.69. The zero-order valence-corrected chi connectivity index (χ0v) is 11.7. The Morgan fingerprint density at radius 1 is 1.26 bits per heavy atom. The van der Waals surface area contributed by atoms with Crippen LogP contribution in [0.15, 0.2) is 12.1 Å². The molecule has 1 aromatic carbocycles. The summed E-state index contributed by atoms with van der Waals surface area (Å²) in [7, 11) is 0. The van der Waals surface area contributed by atoms with E-state index in [1.165, 1.54) is 32.1 Å². The van der Waals surface area contributed by atoms with Gasteiger partial charge in [0.05, 0.1) is 6.42 Å². The molecule has 1 fully saturated rings. The number of fused-ring (bicyclic) bond motifs is 1. The van der Waals surface area contributed by atoms with E-state index in [1.54, 1.807) is 0 Å². The lowest BCUT2D eigenvalue weighted by molar-refractivity contribution is -0.115. The molecule has 1 aliphatic carbocycles. The van der Waals surface area contributed by atoms with E-state index in [-0.39, 0.29) is 11.9 Å². The van der Waals surface area contributed by atoms with Gasteiger partial charge in [0.25, 0.3) is 0 Å². The number of hydrogen-bond acceptors (Lipinski definition) is 2. The van der Waals surface area contributed by atoms with Crippen LogP contribution in [0.1, 0.15) is 49.3 Å². The number of carbonyl (C=O) groups excluding carboxylic acids is 1. The van der Waals surface area contributed by atoms with Crippen molar-refractivity contribution in [3.63, 3.8) is 0 Å². The Morgan fingerprint density at radius 3 is 2.74 bits per heavy atom. The van der Waals surface area contributed by atoms with E-state index in [4.69, 9.17) is 17.3 Å². The Balaban J connectivity index is 1.88. The largest absolute Gasteiger partial charge is 0.325 e. The monoisotopic (exact) mass is 278 g/mol. The van der Waals surface area contributed by atoms with Gasteiger partial charge >= 0.3 is 0 Å². The van der Waals surface area contributed by atoms with Crippen LogP contribution in [0.3, 0.4) is 0 Å². The zero-order valence-electron chi connectivity index (χ0n) is 10.9. The van der Waals surface area contributed by atoms with E-state index in [1.807, 2.05) is 12.1 Å². The number of amides is 1. The number of benzene rings is 1. The lowest BCUT2D eigenvalue weighted by Crippen LogP contribution is -2.24. The molecular weight excluding hydrogens is 260 g/mol. The van der Waals surface area contributed by atoms with Crippen molar-refractivity contribution in [3.8, 4) is 0 Å². The van der Waals surface area contributed by atoms with E-state index < -0.39 is 0 Å². The maximum absolute atomic E-state index is 11.4. The standard InChI is InChI=1S/C15H19ClN2O/c16-12-8-13-10(7-14(19)18-13)6-11(12)15(17)9-4-2-1-3-5-9/h6,8-9,15H,1-5,7,17H2,(H,18,19). The molecule has 1 heterocycles. The number of nitrogens with two attached hydrogens (primary N) is 1. The third kappa shape index (κ3) is 2.49. The topological polar surface area (TPSA) is 55.1 Å². The molecule has 2 aliphatic rings. The highest BCUT2D eigenvalue weighted by Gasteiger charge is 2.26. The smallest absolute Gasteiger partial charge is 0.228 e. The summed E-state index contributed by atoms with van der Waals surface area (Å²) in [6, 6.07) is 3.86. The summed E-state index contributed by atoms with van der Waals surface area (Å²) in [6.07, 6.45) is 6.66. The van der Waals surface area contributed by atoms with Crippen LogP contribution >= 0.6 is 11.6 Å². The molecule has 3 N–H and O–H groups in total. The summed E-state index contributed by atoms with van der Waals surface area (Å²) in [5.41, 5.74) is 9.28. The molecule has 0 bridgehead atoms. The van der Waals surface area contributed by atoms with Gasteiger partial charge in [0.1, 0.15) is 0 Å². The summed E-state index contributed by atoms with van der Waals surface area (Å²) in [5.74, 6) is 0.559. The van der Waals surface area contributed by atoms with Gasteiger partial charge < -0.3 is 11.1 Å². The summed E-state index contributed by atoms with van der Waals surface area (Å²) in [5, 5.41) is 3.50. The van der Waals surface area contributed by atoms with Gasteiger partial charge in [0.2, 0.25) is 5.91 Å². The molecule has 0 spiro atoms. The molecule has 19 heavy (non-hydrogen) atoms. The molecule has 1 amide bonds. The number of carbonyl (C=O) groups is 1. The first-order valence-corrected chi connectivity index (χ1v) is 7.40. The second-order valence-corrected chi connectivity index (χ2v) is 6.09. The van der Waals surface area contributed by atoms with Gasteiger partial charge in [-0.25, -0.2) is 0 Å². The second kappa shape index (κ2) is 5.14. The Kier molecular flexibility index (Phi) is 3.50. The van der Waals surface area contributed by atoms with E-state index in [0.29, 0.717) is 17.4 Å². The summed E-state index contributed by atoms with van der Waals surface area (Å²) in [6.45, 7) is 0. The lowest BCUT2D eigenvalue weighted by atomic mass is 9.81. The Labute approximate surface area is 118 Å². The van der Waals surface area contributed by atoms with Crippen LogP contribution in [0.4, 0.5) is 5.69 Å². The van der Waals surface area contributed by atoms with Crippen LogP contribution in [-0.2, 0) is 11.2 Å². The highest BCUT2D eigenvalue weighted by Crippen LogP contribution is 2.38. The first-order valence-electron chi connectivity index (χ1n) is 7.03. The average molecular weight is 279 g/mol. The quantitative estimate of drug-likeness (QED) is 0.871. The molecule has 3 rings (SSSR count). The molecule has 1 aliphatic heterocycles. The Hall–Kier alpha value is -1.06. The molecule has 1 aromatic rings. The van der Waals surface area contributed by atoms with E-state index in [0.717, 1.165) is 16.8 Å². The van der Waals surface area contributed by atoms with Crippen molar-refractivity contribution in [2.24, 2.45) is 11.7 Å². The van der Waals surface area contributed by atoms with Crippen molar-refractivity contribution in [1.82, 2.24) is 0 Å². The van der Waals surface area contributed by atoms with Crippen LogP contribution in [0.2, 0.25) is 5.02 Å². The van der Waals surface area contributed by atoms with Crippen molar-refractivity contribution in [3.05, 3.63) is 28.3 Å². The molecule has 0 aromatic heterocycles. The molecule has 0 radical (unpaired) electrons. The van der Waals surface area contributed by atoms with Crippen LogP contribution in [0.5, 0.6) is 0 Å². The first kappa shape index (κ1) is 12.9. The fourth-order valence-electron chi connectivity index (χ4n) is 3.27. The van der Waals surface area contributed by atoms with Gasteiger partial charge in [-0.15, -0.1) is 0 Å². The van der Waals surface area contributed by atoms with Crippen LogP contribution in [-0.4, -0.2) is 5.91 Å². The van der Waals surface area contributed by atoms with Crippen LogP contribution < -0.4 is 11.1 Å². The molecule has 1 atom stereocenters. The van der Waals surface area contributed by atoms with Gasteiger partial charge in [-0.3, -0.25) is 4.79 Å². The lowest BCUT2D eigenvalue weighted by Gasteiger charge is -2.28. The van der Waals surface area contributed by atoms with E-state index in [2.05, 4.69) is 5.32 Å². The summed E-state index contributed by atoms with van der Waals surface area (Å²) >= 11 is 6.34. The van der Waals surface area contributed by atoms with Gasteiger partial charge in [-0.2, -0.15) is 0 Å². The van der Waals surface area contributed by atoms with Crippen molar-refractivity contribution in [1.29, 1.82) is 0 Å². The third-order valence-electron chi connectivity index (χ3n) is 4.36. The Bertz CT molecular complexity index is 509. The van der Waals surface area contributed by atoms with Crippen molar-refractivity contribution in [2.75, 3.05) is 5.32 Å². The highest BCUT2D eigenvalue weighted by molar-refractivity contribution is 6.32. The minimum absolute atomic E-state index is 0.00574. The molecule has 0 saturated heterocycles. The number of hydrogen-bond donors (Lipinski definition) is 2. The second-order valence-electron chi connectivity index (χ2n) is 5.68. The maximum Gasteiger partial charge on any atom is 0.228 e. The molecule has 1 unspecified atom stereocenters. The zero-order chi connectivity index (χ0) is 13.4. The number of halogens is 1. The molecular formula is C15H19ClN2O. The molecule has 1 saturated carbocycles. The van der Waals surface area contributed by atoms with Crippen LogP contribution in [0, 0.1) is 5.92 Å². The summed E-state index contributed by atoms with van der Waals surface area (Å²) < 4.78 is 0. The van der Waals surface area contributed by atoms with Gasteiger partial charge in [0.15, 0.2) is 0 Å². The van der Waals surface area contributed by atoms with Crippen molar-refractivity contribution in [2.45, 2.75) is 44.6 Å². The van der Waals surface area contributed by atoms with Crippen molar-refractivity contribution >= 4 is 23.2 Å². The molecule has 3 nitrogen and oxygen atoms in total. The van der Waals surface area contributed by atoms with Crippen molar-refractivity contribution < 1.29 is 4.79 Å². The SMILES string of the molecule is NC(c1cc2c(cc1Cl)NC(=O)C2)C1CCCCC1. The first-order chi connectivity index (χ1) is 9.15. The van der Waals surface area contributed by atoms with Crippen LogP contribution in [0.25, 0.3) is 0 Å². The molecule has 102 valence electrons. The predicted molar refractivity (Wildman–Crippen MR) is 77.3 cm³/mol. The highest BCUT2D eigenvalue weighted by atomic mass is 35.5. The Morgan fingerprint density at radius 2 is 2.00 bits per heavy atom. The van der Waals surface area contributed by atoms with E-state index in [9.17, 15) is 4.79 Å². The summed E-state index contributed by atoms with van der Waals surface area (Å²) in [4.78, 5) is 11.4. The minimum atomic E-state index is -0.00574. The maximum atomic E-state index is 11.4. The fraction of sp³-hybridized carbons (Fsp3) is 0.533.